The van der Waals surface area contributed by atoms with Gasteiger partial charge in [-0.3, -0.25) is 14.5 Å². The van der Waals surface area contributed by atoms with Crippen molar-refractivity contribution in [1.29, 1.82) is 0 Å². The third-order valence-electron chi connectivity index (χ3n) is 2.60. The van der Waals surface area contributed by atoms with Crippen LogP contribution in [0.2, 0.25) is 5.15 Å². The highest BCUT2D eigenvalue weighted by Crippen LogP contribution is 2.30. The molecule has 2 heterocycles. The molecule has 2 amide bonds. The number of amides is 2. The Morgan fingerprint density at radius 3 is 2.82 bits per heavy atom. The van der Waals surface area contributed by atoms with Crippen LogP contribution < -0.4 is 16.4 Å². The molecule has 0 spiro atoms. The highest BCUT2D eigenvalue weighted by Gasteiger charge is 2.35. The van der Waals surface area contributed by atoms with Crippen molar-refractivity contribution in [3.8, 4) is 0 Å². The number of carbonyl (C=O) groups is 2. The summed E-state index contributed by atoms with van der Waals surface area (Å²) in [7, 11) is 0. The molecule has 1 fully saturated rings. The van der Waals surface area contributed by atoms with Gasteiger partial charge in [0.05, 0.1) is 5.92 Å². The van der Waals surface area contributed by atoms with E-state index in [1.54, 1.807) is 0 Å². The van der Waals surface area contributed by atoms with Crippen molar-refractivity contribution in [1.82, 2.24) is 9.97 Å². The van der Waals surface area contributed by atoms with Crippen LogP contribution in [0.15, 0.2) is 6.33 Å². The number of halogens is 1. The van der Waals surface area contributed by atoms with Crippen LogP contribution >= 0.6 is 11.6 Å². The van der Waals surface area contributed by atoms with E-state index in [9.17, 15) is 9.59 Å². The molecule has 0 aliphatic carbocycles. The fourth-order valence-electron chi connectivity index (χ4n) is 1.68. The highest BCUT2D eigenvalue weighted by molar-refractivity contribution is 6.32. The Balaban J connectivity index is 2.32. The summed E-state index contributed by atoms with van der Waals surface area (Å²) in [6.07, 6.45) is 1.27. The molecule has 4 N–H and O–H groups in total. The highest BCUT2D eigenvalue weighted by atomic mass is 35.5. The topological polar surface area (TPSA) is 115 Å². The Kier molecular flexibility index (Phi) is 2.84. The first-order valence-electron chi connectivity index (χ1n) is 4.86. The second-order valence-electron chi connectivity index (χ2n) is 3.71. The summed E-state index contributed by atoms with van der Waals surface area (Å²) in [6, 6.07) is 0. The molecule has 1 aliphatic heterocycles. The van der Waals surface area contributed by atoms with Crippen LogP contribution in [0, 0.1) is 5.92 Å². The van der Waals surface area contributed by atoms with Gasteiger partial charge in [0.25, 0.3) is 0 Å². The molecule has 0 aromatic carbocycles. The Labute approximate surface area is 102 Å². The number of anilines is 2. The molecule has 1 unspecified atom stereocenters. The Bertz CT molecular complexity index is 492. The number of primary amides is 1. The number of hydrogen-bond acceptors (Lipinski definition) is 5. The van der Waals surface area contributed by atoms with Gasteiger partial charge in [-0.1, -0.05) is 11.6 Å². The maximum atomic E-state index is 11.7. The van der Waals surface area contributed by atoms with Crippen molar-refractivity contribution in [3.05, 3.63) is 11.5 Å². The van der Waals surface area contributed by atoms with Crippen LogP contribution in [0.25, 0.3) is 0 Å². The van der Waals surface area contributed by atoms with E-state index in [0.29, 0.717) is 0 Å². The molecule has 1 aromatic rings. The zero-order valence-corrected chi connectivity index (χ0v) is 9.52. The molecule has 1 saturated heterocycles. The van der Waals surface area contributed by atoms with Gasteiger partial charge in [-0.2, -0.15) is 0 Å². The van der Waals surface area contributed by atoms with E-state index in [2.05, 4.69) is 9.97 Å². The molecule has 8 heteroatoms. The van der Waals surface area contributed by atoms with Crippen molar-refractivity contribution in [2.45, 2.75) is 6.42 Å². The van der Waals surface area contributed by atoms with Crippen molar-refractivity contribution in [3.63, 3.8) is 0 Å². The SMILES string of the molecule is NC(=O)C1CC(=O)N(c2ncnc(Cl)c2N)C1. The zero-order chi connectivity index (χ0) is 12.6. The fraction of sp³-hybridized carbons (Fsp3) is 0.333. The van der Waals surface area contributed by atoms with E-state index >= 15 is 0 Å². The molecule has 2 rings (SSSR count). The quantitative estimate of drug-likeness (QED) is 0.695. The molecule has 17 heavy (non-hydrogen) atoms. The first kappa shape index (κ1) is 11.6. The fourth-order valence-corrected chi connectivity index (χ4v) is 1.81. The molecule has 1 aromatic heterocycles. The normalized spacial score (nSPS) is 19.7. The van der Waals surface area contributed by atoms with Crippen LogP contribution in [0.5, 0.6) is 0 Å². The van der Waals surface area contributed by atoms with E-state index in [0.717, 1.165) is 0 Å². The first-order valence-corrected chi connectivity index (χ1v) is 5.24. The molecule has 1 aliphatic rings. The Morgan fingerprint density at radius 1 is 1.53 bits per heavy atom. The summed E-state index contributed by atoms with van der Waals surface area (Å²) >= 11 is 5.73. The summed E-state index contributed by atoms with van der Waals surface area (Å²) < 4.78 is 0. The monoisotopic (exact) mass is 255 g/mol. The third kappa shape index (κ3) is 2.01. The molecule has 0 saturated carbocycles. The molecular weight excluding hydrogens is 246 g/mol. The van der Waals surface area contributed by atoms with Gasteiger partial charge in [0.2, 0.25) is 11.8 Å². The van der Waals surface area contributed by atoms with Crippen LogP contribution in [-0.4, -0.2) is 28.3 Å². The maximum absolute atomic E-state index is 11.7. The van der Waals surface area contributed by atoms with Crippen molar-refractivity contribution in [2.75, 3.05) is 17.2 Å². The Morgan fingerprint density at radius 2 is 2.24 bits per heavy atom. The lowest BCUT2D eigenvalue weighted by molar-refractivity contribution is -0.123. The summed E-state index contributed by atoms with van der Waals surface area (Å²) in [5, 5.41) is 0.0744. The van der Waals surface area contributed by atoms with Gasteiger partial charge in [0.1, 0.15) is 12.0 Å². The van der Waals surface area contributed by atoms with E-state index in [4.69, 9.17) is 23.1 Å². The average molecular weight is 256 g/mol. The van der Waals surface area contributed by atoms with E-state index in [-0.39, 0.29) is 35.5 Å². The predicted molar refractivity (Wildman–Crippen MR) is 61.1 cm³/mol. The minimum absolute atomic E-state index is 0.0659. The molecule has 90 valence electrons. The van der Waals surface area contributed by atoms with Gasteiger partial charge in [-0.05, 0) is 0 Å². The molecule has 0 radical (unpaired) electrons. The largest absolute Gasteiger partial charge is 0.393 e. The second-order valence-corrected chi connectivity index (χ2v) is 4.07. The van der Waals surface area contributed by atoms with E-state index in [1.165, 1.54) is 11.2 Å². The lowest BCUT2D eigenvalue weighted by atomic mass is 10.1. The lowest BCUT2D eigenvalue weighted by Crippen LogP contribution is -2.29. The van der Waals surface area contributed by atoms with Crippen LogP contribution in [0.4, 0.5) is 11.5 Å². The standard InChI is InChI=1S/C9H10ClN5O2/c10-7-6(11)9(14-3-13-7)15-2-4(8(12)17)1-5(15)16/h3-4H,1-2,11H2,(H2,12,17). The van der Waals surface area contributed by atoms with E-state index in [1.807, 2.05) is 0 Å². The van der Waals surface area contributed by atoms with Crippen LogP contribution in [0.1, 0.15) is 6.42 Å². The van der Waals surface area contributed by atoms with Gasteiger partial charge < -0.3 is 11.5 Å². The van der Waals surface area contributed by atoms with Crippen LogP contribution in [-0.2, 0) is 9.59 Å². The summed E-state index contributed by atoms with van der Waals surface area (Å²) in [5.41, 5.74) is 11.0. The number of nitrogens with zero attached hydrogens (tertiary/aromatic N) is 3. The average Bonchev–Trinajstić information content (AvgIpc) is 2.65. The number of rotatable bonds is 2. The zero-order valence-electron chi connectivity index (χ0n) is 8.76. The summed E-state index contributed by atoms with van der Waals surface area (Å²) in [6.45, 7) is 0.172. The van der Waals surface area contributed by atoms with E-state index < -0.39 is 11.8 Å². The first-order chi connectivity index (χ1) is 8.00. The van der Waals surface area contributed by atoms with Gasteiger partial charge >= 0.3 is 0 Å². The number of nitrogen functional groups attached to an aromatic ring is 1. The van der Waals surface area contributed by atoms with Gasteiger partial charge in [-0.15, -0.1) is 0 Å². The summed E-state index contributed by atoms with van der Waals surface area (Å²) in [5.74, 6) is -1.07. The van der Waals surface area contributed by atoms with Crippen molar-refractivity contribution >= 4 is 34.9 Å². The van der Waals surface area contributed by atoms with Gasteiger partial charge in [0.15, 0.2) is 11.0 Å². The number of aromatic nitrogens is 2. The minimum Gasteiger partial charge on any atom is -0.393 e. The Hall–Kier alpha value is -1.89. The van der Waals surface area contributed by atoms with Gasteiger partial charge in [0, 0.05) is 13.0 Å². The molecule has 0 bridgehead atoms. The molecule has 1 atom stereocenters. The minimum atomic E-state index is -0.518. The predicted octanol–water partition coefficient (Wildman–Crippen LogP) is -0.450. The molecule has 7 nitrogen and oxygen atoms in total. The van der Waals surface area contributed by atoms with Crippen molar-refractivity contribution in [2.24, 2.45) is 11.7 Å². The van der Waals surface area contributed by atoms with Crippen molar-refractivity contribution < 1.29 is 9.59 Å². The van der Waals surface area contributed by atoms with Crippen LogP contribution in [0.3, 0.4) is 0 Å². The van der Waals surface area contributed by atoms with Gasteiger partial charge in [-0.25, -0.2) is 9.97 Å². The lowest BCUT2D eigenvalue weighted by Gasteiger charge is -2.16. The summed E-state index contributed by atoms with van der Waals surface area (Å²) in [4.78, 5) is 31.6. The smallest absolute Gasteiger partial charge is 0.229 e. The molecular formula is C9H10ClN5O2. The number of hydrogen-bond donors (Lipinski definition) is 2. The maximum Gasteiger partial charge on any atom is 0.229 e. The number of carbonyl (C=O) groups excluding carboxylic acids is 2. The number of nitrogens with two attached hydrogens (primary N) is 2. The third-order valence-corrected chi connectivity index (χ3v) is 2.90. The second kappa shape index (κ2) is 4.17.